The molecule has 0 saturated heterocycles. The van der Waals surface area contributed by atoms with Crippen molar-refractivity contribution in [3.63, 3.8) is 0 Å². The Hall–Kier alpha value is -1.95. The minimum absolute atomic E-state index is 0.158. The third-order valence-corrected chi connectivity index (χ3v) is 4.89. The van der Waals surface area contributed by atoms with Crippen LogP contribution in [0.25, 0.3) is 0 Å². The maximum Gasteiger partial charge on any atom is 0.161 e. The first-order chi connectivity index (χ1) is 10.6. The van der Waals surface area contributed by atoms with Gasteiger partial charge in [-0.3, -0.25) is 9.89 Å². The van der Waals surface area contributed by atoms with Crippen molar-refractivity contribution in [3.8, 4) is 0 Å². The second-order valence-corrected chi connectivity index (χ2v) is 6.46. The van der Waals surface area contributed by atoms with Crippen LogP contribution in [0.1, 0.15) is 36.3 Å². The first kappa shape index (κ1) is 13.7. The van der Waals surface area contributed by atoms with Gasteiger partial charge in [0.2, 0.25) is 0 Å². The van der Waals surface area contributed by atoms with Gasteiger partial charge < -0.3 is 5.32 Å². The summed E-state index contributed by atoms with van der Waals surface area (Å²) < 4.78 is 14.0. The lowest BCUT2D eigenvalue weighted by atomic mass is 9.77. The molecule has 2 N–H and O–H groups in total. The smallest absolute Gasteiger partial charge is 0.161 e. The van der Waals surface area contributed by atoms with Gasteiger partial charge in [0, 0.05) is 29.2 Å². The van der Waals surface area contributed by atoms with Gasteiger partial charge in [-0.1, -0.05) is 6.07 Å². The monoisotopic (exact) mass is 361 g/mol. The van der Waals surface area contributed by atoms with E-state index in [0.717, 1.165) is 41.1 Å². The molecular formula is C16H13BrFN3O. The van der Waals surface area contributed by atoms with Crippen molar-refractivity contribution >= 4 is 27.5 Å². The van der Waals surface area contributed by atoms with Gasteiger partial charge >= 0.3 is 0 Å². The number of carbonyl (C=O) groups is 1. The molecule has 0 saturated carbocycles. The zero-order valence-electron chi connectivity index (χ0n) is 11.6. The molecule has 1 aliphatic carbocycles. The van der Waals surface area contributed by atoms with Crippen LogP contribution in [0.4, 0.5) is 10.2 Å². The van der Waals surface area contributed by atoms with Crippen LogP contribution in [0, 0.1) is 5.82 Å². The molecule has 0 fully saturated rings. The number of aromatic amines is 1. The quantitative estimate of drug-likeness (QED) is 0.810. The molecule has 0 spiro atoms. The number of halogens is 2. The van der Waals surface area contributed by atoms with Crippen molar-refractivity contribution in [3.05, 3.63) is 57.1 Å². The summed E-state index contributed by atoms with van der Waals surface area (Å²) in [7, 11) is 0. The van der Waals surface area contributed by atoms with Crippen LogP contribution in [0.15, 0.2) is 40.1 Å². The van der Waals surface area contributed by atoms with Gasteiger partial charge in [-0.2, -0.15) is 5.10 Å². The highest BCUT2D eigenvalue weighted by Gasteiger charge is 2.36. The maximum atomic E-state index is 13.6. The van der Waals surface area contributed by atoms with E-state index in [4.69, 9.17) is 0 Å². The molecular weight excluding hydrogens is 349 g/mol. The van der Waals surface area contributed by atoms with Crippen LogP contribution in [0.2, 0.25) is 0 Å². The minimum atomic E-state index is -0.311. The number of rotatable bonds is 1. The number of benzene rings is 1. The number of carbonyl (C=O) groups excluding carboxylic acids is 1. The van der Waals surface area contributed by atoms with Gasteiger partial charge in [-0.25, -0.2) is 4.39 Å². The molecule has 0 bridgehead atoms. The molecule has 1 aromatic heterocycles. The van der Waals surface area contributed by atoms with Gasteiger partial charge in [0.05, 0.1) is 10.7 Å². The molecule has 1 unspecified atom stereocenters. The van der Waals surface area contributed by atoms with Crippen LogP contribution in [-0.2, 0) is 4.79 Å². The van der Waals surface area contributed by atoms with Gasteiger partial charge in [0.1, 0.15) is 11.6 Å². The Morgan fingerprint density at radius 1 is 1.32 bits per heavy atom. The number of ketones is 1. The van der Waals surface area contributed by atoms with E-state index < -0.39 is 0 Å². The molecule has 1 aliphatic heterocycles. The third-order valence-electron chi connectivity index (χ3n) is 4.28. The number of nitrogens with zero attached hydrogens (tertiary/aromatic N) is 1. The van der Waals surface area contributed by atoms with Gasteiger partial charge in [0.15, 0.2) is 5.78 Å². The molecule has 6 heteroatoms. The first-order valence-corrected chi connectivity index (χ1v) is 7.96. The lowest BCUT2D eigenvalue weighted by molar-refractivity contribution is -0.116. The summed E-state index contributed by atoms with van der Waals surface area (Å²) in [5.41, 5.74) is 3.56. The minimum Gasteiger partial charge on any atom is -0.343 e. The lowest BCUT2D eigenvalue weighted by Crippen LogP contribution is -2.26. The predicted molar refractivity (Wildman–Crippen MR) is 84.0 cm³/mol. The number of nitrogens with one attached hydrogen (secondary N) is 2. The van der Waals surface area contributed by atoms with Crippen molar-refractivity contribution in [1.82, 2.24) is 10.2 Å². The fourth-order valence-electron chi connectivity index (χ4n) is 3.29. The average molecular weight is 362 g/mol. The second kappa shape index (κ2) is 5.05. The molecule has 2 heterocycles. The Labute approximate surface area is 134 Å². The van der Waals surface area contributed by atoms with E-state index in [9.17, 15) is 9.18 Å². The van der Waals surface area contributed by atoms with E-state index in [1.165, 1.54) is 6.07 Å². The summed E-state index contributed by atoms with van der Waals surface area (Å²) in [5, 5.41) is 10.3. The molecule has 112 valence electrons. The molecule has 0 radical (unpaired) electrons. The molecule has 2 aliphatic rings. The topological polar surface area (TPSA) is 57.8 Å². The van der Waals surface area contributed by atoms with E-state index in [-0.39, 0.29) is 17.5 Å². The largest absolute Gasteiger partial charge is 0.343 e. The van der Waals surface area contributed by atoms with Crippen LogP contribution in [0.5, 0.6) is 0 Å². The number of fused-ring (bicyclic) bond motifs is 1. The molecule has 2 aromatic rings. The summed E-state index contributed by atoms with van der Waals surface area (Å²) >= 11 is 3.23. The van der Waals surface area contributed by atoms with Crippen LogP contribution in [-0.4, -0.2) is 16.0 Å². The van der Waals surface area contributed by atoms with E-state index in [1.807, 2.05) is 0 Å². The molecule has 0 amide bonds. The molecule has 1 aromatic carbocycles. The van der Waals surface area contributed by atoms with Crippen LogP contribution >= 0.6 is 15.9 Å². The third kappa shape index (κ3) is 2.01. The summed E-state index contributed by atoms with van der Waals surface area (Å²) in [6.45, 7) is 0. The Morgan fingerprint density at radius 2 is 2.18 bits per heavy atom. The van der Waals surface area contributed by atoms with Crippen LogP contribution in [0.3, 0.4) is 0 Å². The summed E-state index contributed by atoms with van der Waals surface area (Å²) in [6.07, 6.45) is 3.99. The first-order valence-electron chi connectivity index (χ1n) is 7.16. The highest BCUT2D eigenvalue weighted by atomic mass is 79.9. The fourth-order valence-corrected chi connectivity index (χ4v) is 3.68. The Morgan fingerprint density at radius 3 is 3.00 bits per heavy atom. The van der Waals surface area contributed by atoms with E-state index in [2.05, 4.69) is 31.4 Å². The second-order valence-electron chi connectivity index (χ2n) is 5.60. The van der Waals surface area contributed by atoms with Crippen molar-refractivity contribution in [2.75, 3.05) is 5.32 Å². The number of hydrogen-bond donors (Lipinski definition) is 2. The van der Waals surface area contributed by atoms with E-state index >= 15 is 0 Å². The van der Waals surface area contributed by atoms with E-state index in [0.29, 0.717) is 10.9 Å². The zero-order valence-corrected chi connectivity index (χ0v) is 13.2. The Bertz CT molecular complexity index is 811. The van der Waals surface area contributed by atoms with Crippen molar-refractivity contribution in [2.24, 2.45) is 0 Å². The van der Waals surface area contributed by atoms with Gasteiger partial charge in [-0.15, -0.1) is 0 Å². The highest BCUT2D eigenvalue weighted by Crippen LogP contribution is 2.44. The Kier molecular flexibility index (Phi) is 3.14. The zero-order chi connectivity index (χ0) is 15.3. The molecule has 4 nitrogen and oxygen atoms in total. The molecule has 1 atom stereocenters. The molecule has 4 rings (SSSR count). The summed E-state index contributed by atoms with van der Waals surface area (Å²) in [5.74, 6) is 0.467. The van der Waals surface area contributed by atoms with Crippen molar-refractivity contribution in [1.29, 1.82) is 0 Å². The number of H-pyrrole nitrogens is 1. The van der Waals surface area contributed by atoms with Crippen LogP contribution < -0.4 is 5.32 Å². The lowest BCUT2D eigenvalue weighted by Gasteiger charge is -2.31. The summed E-state index contributed by atoms with van der Waals surface area (Å²) in [6, 6.07) is 4.91. The fraction of sp³-hybridized carbons (Fsp3) is 0.250. The van der Waals surface area contributed by atoms with Gasteiger partial charge in [0.25, 0.3) is 0 Å². The summed E-state index contributed by atoms with van der Waals surface area (Å²) in [4.78, 5) is 12.5. The van der Waals surface area contributed by atoms with Crippen molar-refractivity contribution < 1.29 is 9.18 Å². The average Bonchev–Trinajstić information content (AvgIpc) is 2.96. The normalized spacial score (nSPS) is 20.5. The standard InChI is InChI=1S/C16H13BrFN3O/c17-10-6-8(4-5-11(10)18)14-9-7-19-21-16(9)20-12-2-1-3-13(22)15(12)14/h4-7,14H,1-3H2,(H2,19,20,21). The number of anilines is 1. The van der Waals surface area contributed by atoms with Crippen molar-refractivity contribution in [2.45, 2.75) is 25.2 Å². The maximum absolute atomic E-state index is 13.6. The Balaban J connectivity index is 1.92. The van der Waals surface area contributed by atoms with E-state index in [1.54, 1.807) is 18.3 Å². The number of allylic oxidation sites excluding steroid dienone is 2. The highest BCUT2D eigenvalue weighted by molar-refractivity contribution is 9.10. The number of aromatic nitrogens is 2. The molecule has 22 heavy (non-hydrogen) atoms. The number of hydrogen-bond acceptors (Lipinski definition) is 3. The SMILES string of the molecule is O=C1CCCC2=C1C(c1ccc(F)c(Br)c1)c1cn[nH]c1N2. The predicted octanol–water partition coefficient (Wildman–Crippen LogP) is 3.88. The number of Topliss-reactive ketones (excluding diaryl/α,β-unsaturated/α-hetero) is 1. The van der Waals surface area contributed by atoms with Gasteiger partial charge in [-0.05, 0) is 46.5 Å².